The first kappa shape index (κ1) is 14.8. The molecule has 1 N–H and O–H groups in total. The smallest absolute Gasteiger partial charge is 0.335 e. The van der Waals surface area contributed by atoms with Crippen LogP contribution in [-0.2, 0) is 6.61 Å². The van der Waals surface area contributed by atoms with Crippen molar-refractivity contribution in [1.29, 1.82) is 0 Å². The third kappa shape index (κ3) is 3.95. The molecule has 4 nitrogen and oxygen atoms in total. The Balaban J connectivity index is 2.15. The maximum atomic E-state index is 13.4. The van der Waals surface area contributed by atoms with Crippen molar-refractivity contribution >= 4 is 5.97 Å². The summed E-state index contributed by atoms with van der Waals surface area (Å²) in [6, 6.07) is 10.7. The molecule has 21 heavy (non-hydrogen) atoms. The van der Waals surface area contributed by atoms with Crippen LogP contribution in [0.4, 0.5) is 4.39 Å². The van der Waals surface area contributed by atoms with Gasteiger partial charge >= 0.3 is 5.97 Å². The molecule has 2 rings (SSSR count). The highest BCUT2D eigenvalue weighted by molar-refractivity contribution is 5.87. The first-order valence-electron chi connectivity index (χ1n) is 6.47. The summed E-state index contributed by atoms with van der Waals surface area (Å²) in [5, 5.41) is 8.91. The zero-order valence-electron chi connectivity index (χ0n) is 11.5. The van der Waals surface area contributed by atoms with Crippen molar-refractivity contribution in [3.8, 4) is 11.5 Å². The molecule has 5 heteroatoms. The molecule has 0 fully saturated rings. The van der Waals surface area contributed by atoms with E-state index in [-0.39, 0.29) is 12.2 Å². The summed E-state index contributed by atoms with van der Waals surface area (Å²) in [6.45, 7) is 2.42. The largest absolute Gasteiger partial charge is 0.490 e. The van der Waals surface area contributed by atoms with Gasteiger partial charge < -0.3 is 14.6 Å². The number of carboxylic acids is 1. The van der Waals surface area contributed by atoms with E-state index in [0.717, 1.165) is 6.07 Å². The third-order valence-electron chi connectivity index (χ3n) is 2.75. The van der Waals surface area contributed by atoms with Gasteiger partial charge in [0.2, 0.25) is 0 Å². The van der Waals surface area contributed by atoms with Gasteiger partial charge in [-0.25, -0.2) is 9.18 Å². The van der Waals surface area contributed by atoms with Gasteiger partial charge in [-0.15, -0.1) is 0 Å². The molecule has 0 unspecified atom stereocenters. The summed E-state index contributed by atoms with van der Waals surface area (Å²) in [5.41, 5.74) is 0.338. The minimum atomic E-state index is -1.18. The lowest BCUT2D eigenvalue weighted by Gasteiger charge is -2.12. The minimum Gasteiger partial charge on any atom is -0.490 e. The molecule has 0 radical (unpaired) electrons. The number of hydrogen-bond donors (Lipinski definition) is 1. The molecule has 0 atom stereocenters. The van der Waals surface area contributed by atoms with Crippen molar-refractivity contribution in [3.63, 3.8) is 0 Å². The summed E-state index contributed by atoms with van der Waals surface area (Å²) < 4.78 is 24.4. The molecule has 2 aromatic carbocycles. The highest BCUT2D eigenvalue weighted by Gasteiger charge is 2.09. The number of benzene rings is 2. The Labute approximate surface area is 121 Å². The number of carbonyl (C=O) groups is 1. The first-order chi connectivity index (χ1) is 10.1. The second-order valence-corrected chi connectivity index (χ2v) is 4.32. The normalized spacial score (nSPS) is 10.2. The van der Waals surface area contributed by atoms with Gasteiger partial charge in [0.25, 0.3) is 0 Å². The van der Waals surface area contributed by atoms with E-state index in [2.05, 4.69) is 0 Å². The Morgan fingerprint density at radius 2 is 1.81 bits per heavy atom. The first-order valence-corrected chi connectivity index (χ1v) is 6.47. The molecular weight excluding hydrogens is 275 g/mol. The maximum absolute atomic E-state index is 13.4. The zero-order chi connectivity index (χ0) is 15.2. The highest BCUT2D eigenvalue weighted by atomic mass is 19.1. The van der Waals surface area contributed by atoms with Crippen LogP contribution in [0.25, 0.3) is 0 Å². The van der Waals surface area contributed by atoms with Gasteiger partial charge in [0.1, 0.15) is 12.4 Å². The summed E-state index contributed by atoms with van der Waals surface area (Å²) in [6.07, 6.45) is 0. The van der Waals surface area contributed by atoms with Crippen LogP contribution in [0.3, 0.4) is 0 Å². The van der Waals surface area contributed by atoms with E-state index in [1.807, 2.05) is 13.0 Å². The predicted octanol–water partition coefficient (Wildman–Crippen LogP) is 3.50. The molecule has 0 aliphatic rings. The maximum Gasteiger partial charge on any atom is 0.335 e. The number of carboxylic acid groups (broad SMARTS) is 1. The van der Waals surface area contributed by atoms with E-state index in [1.165, 1.54) is 12.1 Å². The Kier molecular flexibility index (Phi) is 4.77. The monoisotopic (exact) mass is 290 g/mol. The molecular formula is C16H15FO4. The van der Waals surface area contributed by atoms with Gasteiger partial charge in [-0.05, 0) is 42.8 Å². The van der Waals surface area contributed by atoms with Crippen LogP contribution >= 0.6 is 0 Å². The van der Waals surface area contributed by atoms with E-state index in [0.29, 0.717) is 23.7 Å². The van der Waals surface area contributed by atoms with Crippen LogP contribution in [0.5, 0.6) is 11.5 Å². The molecule has 0 aromatic heterocycles. The van der Waals surface area contributed by atoms with E-state index < -0.39 is 11.8 Å². The summed E-state index contributed by atoms with van der Waals surface area (Å²) in [5.74, 6) is -0.660. The van der Waals surface area contributed by atoms with Crippen molar-refractivity contribution in [2.45, 2.75) is 13.5 Å². The molecule has 110 valence electrons. The quantitative estimate of drug-likeness (QED) is 0.884. The SMILES string of the molecule is CCOc1ccccc1OCc1cc(F)cc(C(=O)O)c1. The van der Waals surface area contributed by atoms with Crippen LogP contribution in [0, 0.1) is 5.82 Å². The van der Waals surface area contributed by atoms with Crippen LogP contribution < -0.4 is 9.47 Å². The van der Waals surface area contributed by atoms with Crippen LogP contribution in [0.2, 0.25) is 0 Å². The van der Waals surface area contributed by atoms with Crippen LogP contribution in [0.15, 0.2) is 42.5 Å². The fraction of sp³-hybridized carbons (Fsp3) is 0.188. The van der Waals surface area contributed by atoms with E-state index in [1.54, 1.807) is 18.2 Å². The molecule has 0 saturated carbocycles. The third-order valence-corrected chi connectivity index (χ3v) is 2.75. The zero-order valence-corrected chi connectivity index (χ0v) is 11.5. The van der Waals surface area contributed by atoms with Crippen molar-refractivity contribution < 1.29 is 23.8 Å². The summed E-state index contributed by atoms with van der Waals surface area (Å²) >= 11 is 0. The lowest BCUT2D eigenvalue weighted by Crippen LogP contribution is -2.03. The number of rotatable bonds is 6. The van der Waals surface area contributed by atoms with Crippen molar-refractivity contribution in [2.75, 3.05) is 6.61 Å². The van der Waals surface area contributed by atoms with Crippen molar-refractivity contribution in [1.82, 2.24) is 0 Å². The fourth-order valence-electron chi connectivity index (χ4n) is 1.86. The molecule has 2 aromatic rings. The molecule has 0 heterocycles. The van der Waals surface area contributed by atoms with E-state index >= 15 is 0 Å². The Morgan fingerprint density at radius 1 is 1.14 bits per heavy atom. The fourth-order valence-corrected chi connectivity index (χ4v) is 1.86. The Bertz CT molecular complexity index is 640. The average Bonchev–Trinajstić information content (AvgIpc) is 2.46. The van der Waals surface area contributed by atoms with Gasteiger partial charge in [-0.2, -0.15) is 0 Å². The van der Waals surface area contributed by atoms with Gasteiger partial charge in [0.05, 0.1) is 12.2 Å². The average molecular weight is 290 g/mol. The minimum absolute atomic E-state index is 0.0577. The van der Waals surface area contributed by atoms with Crippen LogP contribution in [-0.4, -0.2) is 17.7 Å². The van der Waals surface area contributed by atoms with E-state index in [4.69, 9.17) is 14.6 Å². The summed E-state index contributed by atoms with van der Waals surface area (Å²) in [7, 11) is 0. The number of halogens is 1. The lowest BCUT2D eigenvalue weighted by molar-refractivity contribution is 0.0696. The van der Waals surface area contributed by atoms with Crippen molar-refractivity contribution in [2.24, 2.45) is 0 Å². The number of para-hydroxylation sites is 2. The van der Waals surface area contributed by atoms with Crippen molar-refractivity contribution in [3.05, 3.63) is 59.4 Å². The molecule has 0 aliphatic carbocycles. The van der Waals surface area contributed by atoms with Crippen LogP contribution in [0.1, 0.15) is 22.8 Å². The van der Waals surface area contributed by atoms with Gasteiger partial charge in [0.15, 0.2) is 11.5 Å². The van der Waals surface area contributed by atoms with Gasteiger partial charge in [-0.1, -0.05) is 12.1 Å². The number of aromatic carboxylic acids is 1. The van der Waals surface area contributed by atoms with Gasteiger partial charge in [0, 0.05) is 0 Å². The molecule has 0 bridgehead atoms. The second kappa shape index (κ2) is 6.74. The Morgan fingerprint density at radius 3 is 2.43 bits per heavy atom. The number of hydrogen-bond acceptors (Lipinski definition) is 3. The molecule has 0 spiro atoms. The standard InChI is InChI=1S/C16H15FO4/c1-2-20-14-5-3-4-6-15(14)21-10-11-7-12(16(18)19)9-13(17)8-11/h3-9H,2,10H2,1H3,(H,18,19). The Hall–Kier alpha value is -2.56. The molecule has 0 aliphatic heterocycles. The second-order valence-electron chi connectivity index (χ2n) is 4.32. The molecule has 0 amide bonds. The number of ether oxygens (including phenoxy) is 2. The molecule has 0 saturated heterocycles. The topological polar surface area (TPSA) is 55.8 Å². The van der Waals surface area contributed by atoms with Gasteiger partial charge in [-0.3, -0.25) is 0 Å². The predicted molar refractivity (Wildman–Crippen MR) is 75.3 cm³/mol. The lowest BCUT2D eigenvalue weighted by atomic mass is 10.1. The van der Waals surface area contributed by atoms with E-state index in [9.17, 15) is 9.18 Å². The highest BCUT2D eigenvalue weighted by Crippen LogP contribution is 2.27. The summed E-state index contributed by atoms with van der Waals surface area (Å²) in [4.78, 5) is 10.9.